The molecular formula is C24H19N5O3. The maximum absolute atomic E-state index is 12.8. The summed E-state index contributed by atoms with van der Waals surface area (Å²) in [5.74, 6) is -1.16. The molecule has 32 heavy (non-hydrogen) atoms. The van der Waals surface area contributed by atoms with E-state index < -0.39 is 12.0 Å². The van der Waals surface area contributed by atoms with E-state index in [9.17, 15) is 14.7 Å². The van der Waals surface area contributed by atoms with Crippen LogP contribution in [0.2, 0.25) is 0 Å². The number of anilines is 1. The van der Waals surface area contributed by atoms with Crippen LogP contribution in [0, 0.1) is 0 Å². The van der Waals surface area contributed by atoms with Gasteiger partial charge in [-0.1, -0.05) is 30.3 Å². The Morgan fingerprint density at radius 2 is 1.81 bits per heavy atom. The minimum absolute atomic E-state index is 0.0870. The Morgan fingerprint density at radius 1 is 1.00 bits per heavy atom. The summed E-state index contributed by atoms with van der Waals surface area (Å²) in [6.45, 7) is 0. The third-order valence-electron chi connectivity index (χ3n) is 5.40. The molecule has 0 aliphatic carbocycles. The van der Waals surface area contributed by atoms with Crippen molar-refractivity contribution in [3.63, 3.8) is 0 Å². The third-order valence-corrected chi connectivity index (χ3v) is 5.40. The van der Waals surface area contributed by atoms with E-state index in [1.165, 1.54) is 0 Å². The number of nitrogens with zero attached hydrogens (tertiary/aromatic N) is 3. The van der Waals surface area contributed by atoms with Crippen molar-refractivity contribution in [2.75, 3.05) is 5.32 Å². The molecule has 8 nitrogen and oxygen atoms in total. The molecule has 2 heterocycles. The molecule has 0 spiro atoms. The van der Waals surface area contributed by atoms with Crippen molar-refractivity contribution >= 4 is 39.6 Å². The number of carbonyl (C=O) groups is 2. The summed E-state index contributed by atoms with van der Waals surface area (Å²) >= 11 is 0. The van der Waals surface area contributed by atoms with Crippen LogP contribution in [-0.2, 0) is 4.79 Å². The molecule has 5 rings (SSSR count). The summed E-state index contributed by atoms with van der Waals surface area (Å²) in [5, 5.41) is 12.4. The zero-order valence-corrected chi connectivity index (χ0v) is 16.9. The third kappa shape index (κ3) is 3.69. The smallest absolute Gasteiger partial charge is 0.305 e. The molecule has 0 aliphatic heterocycles. The first-order chi connectivity index (χ1) is 15.6. The molecule has 1 atom stereocenters. The number of carbonyl (C=O) groups excluding carboxylic acids is 1. The molecule has 2 aromatic heterocycles. The van der Waals surface area contributed by atoms with Gasteiger partial charge in [0.05, 0.1) is 47.2 Å². The first-order valence-corrected chi connectivity index (χ1v) is 10.1. The maximum atomic E-state index is 12.8. The van der Waals surface area contributed by atoms with Crippen LogP contribution < -0.4 is 5.32 Å². The fraction of sp³-hybridized carbons (Fsp3) is 0.0833. The van der Waals surface area contributed by atoms with Gasteiger partial charge < -0.3 is 20.0 Å². The second-order valence-corrected chi connectivity index (χ2v) is 7.47. The van der Waals surface area contributed by atoms with Gasteiger partial charge in [-0.15, -0.1) is 0 Å². The maximum Gasteiger partial charge on any atom is 0.305 e. The molecule has 0 fully saturated rings. The number of rotatable bonds is 6. The Balaban J connectivity index is 1.48. The normalized spacial score (nSPS) is 12.1. The number of fused-ring (bicyclic) bond motifs is 2. The highest BCUT2D eigenvalue weighted by molar-refractivity contribution is 6.06. The zero-order chi connectivity index (χ0) is 22.1. The summed E-state index contributed by atoms with van der Waals surface area (Å²) < 4.78 is 1.84. The molecule has 1 unspecified atom stereocenters. The van der Waals surface area contributed by atoms with Gasteiger partial charge in [-0.2, -0.15) is 0 Å². The predicted octanol–water partition coefficient (Wildman–Crippen LogP) is 4.23. The number of hydrogen-bond acceptors (Lipinski definition) is 4. The summed E-state index contributed by atoms with van der Waals surface area (Å²) in [4.78, 5) is 35.9. The highest BCUT2D eigenvalue weighted by Crippen LogP contribution is 2.28. The molecule has 0 aliphatic rings. The van der Waals surface area contributed by atoms with Crippen LogP contribution in [-0.4, -0.2) is 36.5 Å². The summed E-state index contributed by atoms with van der Waals surface area (Å²) in [6, 6.07) is 19.7. The van der Waals surface area contributed by atoms with Crippen molar-refractivity contribution in [1.82, 2.24) is 19.5 Å². The largest absolute Gasteiger partial charge is 0.481 e. The number of nitrogens with one attached hydrogen (secondary N) is 2. The summed E-state index contributed by atoms with van der Waals surface area (Å²) in [5.41, 5.74) is 4.99. The minimum atomic E-state index is -0.903. The lowest BCUT2D eigenvalue weighted by Crippen LogP contribution is -2.15. The number of aliphatic carboxylic acids is 1. The van der Waals surface area contributed by atoms with Gasteiger partial charge in [0, 0.05) is 11.3 Å². The van der Waals surface area contributed by atoms with Crippen molar-refractivity contribution in [3.05, 3.63) is 90.5 Å². The molecule has 3 aromatic carbocycles. The molecule has 0 saturated heterocycles. The van der Waals surface area contributed by atoms with Crippen LogP contribution in [0.15, 0.2) is 79.4 Å². The van der Waals surface area contributed by atoms with Gasteiger partial charge in [-0.25, -0.2) is 9.97 Å². The van der Waals surface area contributed by atoms with Crippen molar-refractivity contribution in [1.29, 1.82) is 0 Å². The molecule has 0 bridgehead atoms. The van der Waals surface area contributed by atoms with Crippen LogP contribution in [0.5, 0.6) is 0 Å². The van der Waals surface area contributed by atoms with E-state index in [4.69, 9.17) is 0 Å². The molecule has 1 amide bonds. The standard InChI is InChI=1S/C24H19N5O3/c30-23(31)12-21(15-4-2-1-3-5-15)29-14-27-19-9-7-17(11-22(19)29)28-24(32)16-6-8-18-20(10-16)26-13-25-18/h1-11,13-14,21H,12H2,(H,25,26)(H,28,32)(H,30,31). The lowest BCUT2D eigenvalue weighted by atomic mass is 10.0. The molecule has 3 N–H and O–H groups in total. The van der Waals surface area contributed by atoms with E-state index in [-0.39, 0.29) is 12.3 Å². The number of benzene rings is 3. The number of imidazole rings is 2. The Morgan fingerprint density at radius 3 is 2.62 bits per heavy atom. The highest BCUT2D eigenvalue weighted by Gasteiger charge is 2.20. The number of amides is 1. The van der Waals surface area contributed by atoms with Crippen molar-refractivity contribution in [2.45, 2.75) is 12.5 Å². The van der Waals surface area contributed by atoms with E-state index in [0.717, 1.165) is 22.1 Å². The van der Waals surface area contributed by atoms with Crippen LogP contribution in [0.3, 0.4) is 0 Å². The summed E-state index contributed by atoms with van der Waals surface area (Å²) in [7, 11) is 0. The summed E-state index contributed by atoms with van der Waals surface area (Å²) in [6.07, 6.45) is 3.14. The van der Waals surface area contributed by atoms with E-state index in [0.29, 0.717) is 16.8 Å². The van der Waals surface area contributed by atoms with Crippen molar-refractivity contribution in [2.24, 2.45) is 0 Å². The van der Waals surface area contributed by atoms with Crippen molar-refractivity contribution < 1.29 is 14.7 Å². The number of hydrogen-bond donors (Lipinski definition) is 3. The van der Waals surface area contributed by atoms with E-state index >= 15 is 0 Å². The number of carboxylic acids is 1. The lowest BCUT2D eigenvalue weighted by Gasteiger charge is -2.18. The van der Waals surface area contributed by atoms with E-state index in [2.05, 4.69) is 20.3 Å². The quantitative estimate of drug-likeness (QED) is 0.377. The zero-order valence-electron chi connectivity index (χ0n) is 16.9. The van der Waals surface area contributed by atoms with Gasteiger partial charge in [0.25, 0.3) is 5.91 Å². The second kappa shape index (κ2) is 7.99. The van der Waals surface area contributed by atoms with Crippen LogP contribution in [0.25, 0.3) is 22.1 Å². The average molecular weight is 425 g/mol. The second-order valence-electron chi connectivity index (χ2n) is 7.47. The first kappa shape index (κ1) is 19.5. The Kier molecular flexibility index (Phi) is 4.87. The molecule has 0 radical (unpaired) electrons. The number of H-pyrrole nitrogens is 1. The predicted molar refractivity (Wildman–Crippen MR) is 121 cm³/mol. The van der Waals surface area contributed by atoms with Crippen LogP contribution in [0.4, 0.5) is 5.69 Å². The van der Waals surface area contributed by atoms with Crippen molar-refractivity contribution in [3.8, 4) is 0 Å². The van der Waals surface area contributed by atoms with E-state index in [1.807, 2.05) is 47.0 Å². The Labute approximate surface area is 182 Å². The van der Waals surface area contributed by atoms with E-state index in [1.54, 1.807) is 36.9 Å². The Hall–Kier alpha value is -4.46. The lowest BCUT2D eigenvalue weighted by molar-refractivity contribution is -0.137. The number of carboxylic acid groups (broad SMARTS) is 1. The first-order valence-electron chi connectivity index (χ1n) is 10.1. The van der Waals surface area contributed by atoms with Gasteiger partial charge in [0.15, 0.2) is 0 Å². The highest BCUT2D eigenvalue weighted by atomic mass is 16.4. The Bertz CT molecular complexity index is 1440. The van der Waals surface area contributed by atoms with Gasteiger partial charge >= 0.3 is 5.97 Å². The van der Waals surface area contributed by atoms with Gasteiger partial charge in [0.1, 0.15) is 0 Å². The average Bonchev–Trinajstić information content (AvgIpc) is 3.44. The molecule has 8 heteroatoms. The molecule has 158 valence electrons. The number of aromatic amines is 1. The fourth-order valence-electron chi connectivity index (χ4n) is 3.85. The molecule has 5 aromatic rings. The van der Waals surface area contributed by atoms with Gasteiger partial charge in [0.2, 0.25) is 0 Å². The van der Waals surface area contributed by atoms with Crippen LogP contribution in [0.1, 0.15) is 28.4 Å². The SMILES string of the molecule is O=C(O)CC(c1ccccc1)n1cnc2ccc(NC(=O)c3ccc4nc[nH]c4c3)cc21. The van der Waals surface area contributed by atoms with Crippen LogP contribution >= 0.6 is 0 Å². The monoisotopic (exact) mass is 425 g/mol. The topological polar surface area (TPSA) is 113 Å². The minimum Gasteiger partial charge on any atom is -0.481 e. The molecule has 0 saturated carbocycles. The van der Waals surface area contributed by atoms with Gasteiger partial charge in [-0.05, 0) is 42.0 Å². The molecular weight excluding hydrogens is 406 g/mol. The number of aromatic nitrogens is 4. The van der Waals surface area contributed by atoms with Gasteiger partial charge in [-0.3, -0.25) is 9.59 Å². The fourth-order valence-corrected chi connectivity index (χ4v) is 3.85.